The van der Waals surface area contributed by atoms with Crippen LogP contribution in [-0.4, -0.2) is 13.0 Å². The van der Waals surface area contributed by atoms with Gasteiger partial charge in [-0.15, -0.1) is 11.6 Å². The Bertz CT molecular complexity index is 272. The first-order chi connectivity index (χ1) is 6.38. The molecule has 0 saturated heterocycles. The van der Waals surface area contributed by atoms with Crippen LogP contribution in [0.2, 0.25) is 0 Å². The molecular weight excluding hydrogens is 186 g/mol. The Morgan fingerprint density at radius 2 is 2.15 bits per heavy atom. The van der Waals surface area contributed by atoms with Gasteiger partial charge in [0.15, 0.2) is 0 Å². The number of hydrogen-bond acceptors (Lipinski definition) is 2. The van der Waals surface area contributed by atoms with E-state index in [9.17, 15) is 0 Å². The monoisotopic (exact) mass is 197 g/mol. The third-order valence-electron chi connectivity index (χ3n) is 1.58. The highest BCUT2D eigenvalue weighted by Crippen LogP contribution is 2.10. The first-order valence-electron chi connectivity index (χ1n) is 3.99. The summed E-state index contributed by atoms with van der Waals surface area (Å²) in [7, 11) is 1.57. The fraction of sp³-hybridized carbons (Fsp3) is 0.200. The Balaban J connectivity index is 2.83. The van der Waals surface area contributed by atoms with Gasteiger partial charge in [-0.2, -0.15) is 0 Å². The molecule has 3 heteroatoms. The van der Waals surface area contributed by atoms with Crippen LogP contribution in [0.25, 0.3) is 5.70 Å². The lowest BCUT2D eigenvalue weighted by Gasteiger charge is -2.07. The molecule has 0 heterocycles. The van der Waals surface area contributed by atoms with Crippen molar-refractivity contribution < 1.29 is 4.84 Å². The molecule has 0 bridgehead atoms. The smallest absolute Gasteiger partial charge is 0.0648 e. The summed E-state index contributed by atoms with van der Waals surface area (Å²) in [5, 5.41) is 0. The molecule has 0 fully saturated rings. The zero-order chi connectivity index (χ0) is 9.52. The number of halogens is 1. The Kier molecular flexibility index (Phi) is 4.36. The number of benzene rings is 1. The normalized spacial score (nSPS) is 11.4. The first kappa shape index (κ1) is 10.1. The van der Waals surface area contributed by atoms with E-state index < -0.39 is 0 Å². The summed E-state index contributed by atoms with van der Waals surface area (Å²) in [6, 6.07) is 9.88. The molecule has 0 aliphatic carbocycles. The molecule has 13 heavy (non-hydrogen) atoms. The van der Waals surface area contributed by atoms with Crippen LogP contribution in [0.1, 0.15) is 5.56 Å². The van der Waals surface area contributed by atoms with E-state index in [1.165, 1.54) is 0 Å². The van der Waals surface area contributed by atoms with Gasteiger partial charge >= 0.3 is 0 Å². The predicted molar refractivity (Wildman–Crippen MR) is 55.3 cm³/mol. The van der Waals surface area contributed by atoms with E-state index in [-0.39, 0.29) is 0 Å². The van der Waals surface area contributed by atoms with Crippen molar-refractivity contribution in [2.45, 2.75) is 0 Å². The van der Waals surface area contributed by atoms with Gasteiger partial charge in [-0.3, -0.25) is 10.3 Å². The number of rotatable bonds is 4. The molecule has 1 aromatic rings. The van der Waals surface area contributed by atoms with E-state index in [2.05, 4.69) is 5.48 Å². The van der Waals surface area contributed by atoms with E-state index in [0.29, 0.717) is 5.88 Å². The summed E-state index contributed by atoms with van der Waals surface area (Å²) >= 11 is 5.61. The third-order valence-corrected chi connectivity index (χ3v) is 1.73. The molecule has 0 aromatic heterocycles. The van der Waals surface area contributed by atoms with Crippen molar-refractivity contribution in [2.24, 2.45) is 0 Å². The van der Waals surface area contributed by atoms with Gasteiger partial charge in [0.25, 0.3) is 0 Å². The second kappa shape index (κ2) is 5.62. The lowest BCUT2D eigenvalue weighted by Crippen LogP contribution is -2.10. The van der Waals surface area contributed by atoms with Crippen LogP contribution in [0.4, 0.5) is 0 Å². The first-order valence-corrected chi connectivity index (χ1v) is 4.52. The molecule has 70 valence electrons. The van der Waals surface area contributed by atoms with Crippen molar-refractivity contribution in [3.05, 3.63) is 42.0 Å². The number of hydroxylamine groups is 1. The zero-order valence-corrected chi connectivity index (χ0v) is 8.21. The molecule has 0 aliphatic rings. The van der Waals surface area contributed by atoms with Gasteiger partial charge in [0.05, 0.1) is 12.8 Å². The van der Waals surface area contributed by atoms with Crippen molar-refractivity contribution in [3.8, 4) is 0 Å². The van der Waals surface area contributed by atoms with Crippen LogP contribution in [0.5, 0.6) is 0 Å². The number of allylic oxidation sites excluding steroid dienone is 1. The van der Waals surface area contributed by atoms with Gasteiger partial charge in [0.2, 0.25) is 0 Å². The van der Waals surface area contributed by atoms with Crippen molar-refractivity contribution in [1.29, 1.82) is 0 Å². The van der Waals surface area contributed by atoms with Gasteiger partial charge in [0, 0.05) is 5.88 Å². The highest BCUT2D eigenvalue weighted by molar-refractivity contribution is 6.19. The van der Waals surface area contributed by atoms with E-state index >= 15 is 0 Å². The summed E-state index contributed by atoms with van der Waals surface area (Å²) in [6.07, 6.45) is 1.86. The molecule has 0 unspecified atom stereocenters. The highest BCUT2D eigenvalue weighted by Gasteiger charge is 1.97. The van der Waals surface area contributed by atoms with E-state index in [1.807, 2.05) is 36.4 Å². The minimum Gasteiger partial charge on any atom is -0.279 e. The van der Waals surface area contributed by atoms with Crippen LogP contribution < -0.4 is 5.48 Å². The summed E-state index contributed by atoms with van der Waals surface area (Å²) < 4.78 is 0. The Morgan fingerprint density at radius 1 is 1.46 bits per heavy atom. The molecule has 0 amide bonds. The Hall–Kier alpha value is -0.990. The number of nitrogens with one attached hydrogen (secondary N) is 1. The standard InChI is InChI=1S/C10H12ClNO/c1-13-12-10(7-8-11)9-5-3-2-4-6-9/h2-7,12H,8H2,1H3. The van der Waals surface area contributed by atoms with Gasteiger partial charge < -0.3 is 0 Å². The molecule has 0 saturated carbocycles. The Morgan fingerprint density at radius 3 is 2.69 bits per heavy atom. The summed E-state index contributed by atoms with van der Waals surface area (Å²) in [5.74, 6) is 0.459. The zero-order valence-electron chi connectivity index (χ0n) is 7.46. The fourth-order valence-corrected chi connectivity index (χ4v) is 1.18. The minimum atomic E-state index is 0.459. The summed E-state index contributed by atoms with van der Waals surface area (Å²) in [4.78, 5) is 4.83. The van der Waals surface area contributed by atoms with Crippen LogP contribution in [0, 0.1) is 0 Å². The van der Waals surface area contributed by atoms with Crippen molar-refractivity contribution in [2.75, 3.05) is 13.0 Å². The third kappa shape index (κ3) is 3.09. The molecule has 2 nitrogen and oxygen atoms in total. The quantitative estimate of drug-likeness (QED) is 0.591. The topological polar surface area (TPSA) is 21.3 Å². The predicted octanol–water partition coefficient (Wildman–Crippen LogP) is 2.42. The van der Waals surface area contributed by atoms with E-state index in [1.54, 1.807) is 7.11 Å². The van der Waals surface area contributed by atoms with Crippen molar-refractivity contribution in [3.63, 3.8) is 0 Å². The second-order valence-electron chi connectivity index (χ2n) is 2.44. The van der Waals surface area contributed by atoms with E-state index in [4.69, 9.17) is 16.4 Å². The molecule has 1 N–H and O–H groups in total. The largest absolute Gasteiger partial charge is 0.279 e. The highest BCUT2D eigenvalue weighted by atomic mass is 35.5. The lowest BCUT2D eigenvalue weighted by molar-refractivity contribution is 0.136. The van der Waals surface area contributed by atoms with E-state index in [0.717, 1.165) is 11.3 Å². The van der Waals surface area contributed by atoms with Crippen molar-refractivity contribution in [1.82, 2.24) is 5.48 Å². The van der Waals surface area contributed by atoms with Gasteiger partial charge in [-0.1, -0.05) is 30.3 Å². The second-order valence-corrected chi connectivity index (χ2v) is 2.75. The summed E-state index contributed by atoms with van der Waals surface area (Å²) in [6.45, 7) is 0. The molecule has 1 rings (SSSR count). The van der Waals surface area contributed by atoms with Crippen LogP contribution in [0.15, 0.2) is 36.4 Å². The maximum absolute atomic E-state index is 5.61. The molecule has 0 aliphatic heterocycles. The fourth-order valence-electron chi connectivity index (χ4n) is 1.02. The van der Waals surface area contributed by atoms with Crippen LogP contribution in [0.3, 0.4) is 0 Å². The SMILES string of the molecule is CONC(=CCCl)c1ccccc1. The number of alkyl halides is 1. The maximum atomic E-state index is 5.61. The van der Waals surface area contributed by atoms with Crippen LogP contribution in [-0.2, 0) is 4.84 Å². The van der Waals surface area contributed by atoms with Gasteiger partial charge in [-0.05, 0) is 11.6 Å². The van der Waals surface area contributed by atoms with Gasteiger partial charge in [0.1, 0.15) is 0 Å². The van der Waals surface area contributed by atoms with Crippen molar-refractivity contribution >= 4 is 17.3 Å². The molecule has 0 radical (unpaired) electrons. The minimum absolute atomic E-state index is 0.459. The molecule has 0 atom stereocenters. The van der Waals surface area contributed by atoms with Crippen LogP contribution >= 0.6 is 11.6 Å². The number of hydrogen-bond donors (Lipinski definition) is 1. The summed E-state index contributed by atoms with van der Waals surface area (Å²) in [5.41, 5.74) is 4.72. The lowest BCUT2D eigenvalue weighted by atomic mass is 10.1. The average Bonchev–Trinajstić information content (AvgIpc) is 2.19. The van der Waals surface area contributed by atoms with Gasteiger partial charge in [-0.25, -0.2) is 0 Å². The molecule has 1 aromatic carbocycles. The molecule has 0 spiro atoms. The maximum Gasteiger partial charge on any atom is 0.0648 e. The molecular formula is C10H12ClNO. The average molecular weight is 198 g/mol. The Labute approximate surface area is 83.1 Å².